The van der Waals surface area contributed by atoms with E-state index < -0.39 is 36.7 Å². The number of phenolic OH excluding ortho intramolecular Hbond substituents is 1. The van der Waals surface area contributed by atoms with Crippen molar-refractivity contribution in [3.05, 3.63) is 77.9 Å². The van der Waals surface area contributed by atoms with Crippen LogP contribution in [0.15, 0.2) is 66.7 Å². The maximum Gasteiger partial charge on any atom is 0.335 e. The molecule has 11 nitrogen and oxygen atoms in total. The number of hydrogen-bond donors (Lipinski definition) is 5. The lowest BCUT2D eigenvalue weighted by Gasteiger charge is -2.38. The molecule has 0 spiro atoms. The van der Waals surface area contributed by atoms with Gasteiger partial charge in [-0.2, -0.15) is 0 Å². The Bertz CT molecular complexity index is 1660. The molecule has 5 atom stereocenters. The number of phenols is 1. The van der Waals surface area contributed by atoms with E-state index in [2.05, 4.69) is 21.6 Å². The summed E-state index contributed by atoms with van der Waals surface area (Å²) in [4.78, 5) is 14.0. The van der Waals surface area contributed by atoms with Gasteiger partial charge in [-0.15, -0.1) is 0 Å². The van der Waals surface area contributed by atoms with E-state index in [9.17, 15) is 30.3 Å². The summed E-state index contributed by atoms with van der Waals surface area (Å²) in [7, 11) is 0. The zero-order valence-electron chi connectivity index (χ0n) is 26.4. The van der Waals surface area contributed by atoms with E-state index in [1.165, 1.54) is 25.7 Å². The smallest absolute Gasteiger partial charge is 0.335 e. The lowest BCUT2D eigenvalue weighted by Crippen LogP contribution is -2.61. The number of aryl methyl sites for hydroxylation is 1. The van der Waals surface area contributed by atoms with Gasteiger partial charge in [0.15, 0.2) is 6.10 Å². The van der Waals surface area contributed by atoms with Gasteiger partial charge in [-0.05, 0) is 104 Å². The number of aromatic hydroxyl groups is 1. The quantitative estimate of drug-likeness (QED) is 0.171. The van der Waals surface area contributed by atoms with Crippen LogP contribution < -0.4 is 9.47 Å². The second-order valence-electron chi connectivity index (χ2n) is 12.4. The number of nitrogens with zero attached hydrogens (tertiary/aromatic N) is 2. The van der Waals surface area contributed by atoms with Crippen LogP contribution in [0.2, 0.25) is 0 Å². The number of fused-ring (bicyclic) bond motifs is 1. The highest BCUT2D eigenvalue weighted by molar-refractivity contribution is 5.92. The number of aliphatic hydroxyl groups is 3. The number of benzene rings is 3. The van der Waals surface area contributed by atoms with E-state index in [1.54, 1.807) is 24.3 Å². The number of hydrogen-bond acceptors (Lipinski definition) is 9. The Morgan fingerprint density at radius 2 is 1.55 bits per heavy atom. The number of aliphatic hydroxyl groups excluding tert-OH is 3. The number of aromatic nitrogens is 1. The van der Waals surface area contributed by atoms with E-state index in [1.807, 2.05) is 37.3 Å². The predicted octanol–water partition coefficient (Wildman–Crippen LogP) is 3.90. The Labute approximate surface area is 273 Å². The van der Waals surface area contributed by atoms with Gasteiger partial charge < -0.3 is 44.3 Å². The summed E-state index contributed by atoms with van der Waals surface area (Å²) < 4.78 is 19.4. The second kappa shape index (κ2) is 14.3. The SMILES string of the molecule is Cc1c(-c2ccc(O)cc2)n(Cc2ccc(OCCN3CCCCCC3)cc2)c2ccc(O[C@@H]3O[C@H](C(=O)O)[C@@H](O)[C@H](O)[C@@H]3O)cc12. The first-order valence-electron chi connectivity index (χ1n) is 16.1. The third-order valence-electron chi connectivity index (χ3n) is 9.13. The lowest BCUT2D eigenvalue weighted by atomic mass is 9.99. The minimum Gasteiger partial charge on any atom is -0.508 e. The third-order valence-corrected chi connectivity index (χ3v) is 9.13. The van der Waals surface area contributed by atoms with Gasteiger partial charge in [-0.25, -0.2) is 4.79 Å². The summed E-state index contributed by atoms with van der Waals surface area (Å²) in [5, 5.41) is 50.9. The monoisotopic (exact) mass is 646 g/mol. The van der Waals surface area contributed by atoms with Gasteiger partial charge in [0.05, 0.1) is 5.69 Å². The molecule has 2 fully saturated rings. The molecule has 5 N–H and O–H groups in total. The number of carbonyl (C=O) groups is 1. The van der Waals surface area contributed by atoms with Crippen molar-refractivity contribution in [2.24, 2.45) is 0 Å². The van der Waals surface area contributed by atoms with E-state index in [0.29, 0.717) is 13.2 Å². The topological polar surface area (TPSA) is 154 Å². The fraction of sp³-hybridized carbons (Fsp3) is 0.417. The van der Waals surface area contributed by atoms with Crippen LogP contribution in [0.4, 0.5) is 0 Å². The highest BCUT2D eigenvalue weighted by atomic mass is 16.7. The summed E-state index contributed by atoms with van der Waals surface area (Å²) in [6, 6.07) is 20.4. The van der Waals surface area contributed by atoms with Gasteiger partial charge in [-0.1, -0.05) is 25.0 Å². The number of ether oxygens (including phenoxy) is 3. The normalized spacial score (nSPS) is 23.8. The molecule has 2 aliphatic heterocycles. The molecule has 0 unspecified atom stereocenters. The molecule has 2 aliphatic rings. The van der Waals surface area contributed by atoms with E-state index in [-0.39, 0.29) is 11.5 Å². The van der Waals surface area contributed by atoms with E-state index in [4.69, 9.17) is 14.2 Å². The van der Waals surface area contributed by atoms with Gasteiger partial charge in [0.1, 0.15) is 42.2 Å². The second-order valence-corrected chi connectivity index (χ2v) is 12.4. The maximum absolute atomic E-state index is 11.6. The van der Waals surface area contributed by atoms with E-state index >= 15 is 0 Å². The molecule has 3 aromatic carbocycles. The average Bonchev–Trinajstić information content (AvgIpc) is 3.19. The van der Waals surface area contributed by atoms with Crippen LogP contribution in [0, 0.1) is 6.92 Å². The van der Waals surface area contributed by atoms with Crippen molar-refractivity contribution in [3.63, 3.8) is 0 Å². The number of rotatable bonds is 10. The molecule has 4 aromatic rings. The van der Waals surface area contributed by atoms with Crippen LogP contribution in [-0.4, -0.2) is 97.9 Å². The van der Waals surface area contributed by atoms with Crippen LogP contribution in [0.3, 0.4) is 0 Å². The molecular formula is C36H42N2O9. The number of aliphatic carboxylic acids is 1. The summed E-state index contributed by atoms with van der Waals surface area (Å²) in [5.41, 5.74) is 4.75. The maximum atomic E-state index is 11.6. The van der Waals surface area contributed by atoms with Crippen molar-refractivity contribution in [2.45, 2.75) is 69.9 Å². The Balaban J connectivity index is 1.24. The zero-order valence-corrected chi connectivity index (χ0v) is 26.4. The van der Waals surface area contributed by atoms with Crippen molar-refractivity contribution >= 4 is 16.9 Å². The molecule has 250 valence electrons. The van der Waals surface area contributed by atoms with Crippen molar-refractivity contribution in [1.29, 1.82) is 0 Å². The first-order valence-corrected chi connectivity index (χ1v) is 16.1. The van der Waals surface area contributed by atoms with Crippen molar-refractivity contribution in [3.8, 4) is 28.5 Å². The molecule has 1 aromatic heterocycles. The van der Waals surface area contributed by atoms with Gasteiger partial charge in [0.25, 0.3) is 0 Å². The molecule has 11 heteroatoms. The zero-order chi connectivity index (χ0) is 33.1. The first-order chi connectivity index (χ1) is 22.7. The molecule has 6 rings (SSSR count). The molecule has 0 saturated carbocycles. The van der Waals surface area contributed by atoms with Crippen molar-refractivity contribution in [1.82, 2.24) is 9.47 Å². The van der Waals surface area contributed by atoms with Gasteiger partial charge in [0, 0.05) is 24.0 Å². The summed E-state index contributed by atoms with van der Waals surface area (Å²) in [6.07, 6.45) is -3.40. The molecule has 0 bridgehead atoms. The van der Waals surface area contributed by atoms with Crippen LogP contribution >= 0.6 is 0 Å². The van der Waals surface area contributed by atoms with Crippen molar-refractivity contribution in [2.75, 3.05) is 26.2 Å². The van der Waals surface area contributed by atoms with Crippen LogP contribution in [0.25, 0.3) is 22.2 Å². The van der Waals surface area contributed by atoms with Gasteiger partial charge in [0.2, 0.25) is 6.29 Å². The Kier molecular flexibility index (Phi) is 10.00. The Morgan fingerprint density at radius 1 is 0.872 bits per heavy atom. The lowest BCUT2D eigenvalue weighted by molar-refractivity contribution is -0.271. The summed E-state index contributed by atoms with van der Waals surface area (Å²) in [5.74, 6) is -0.207. The van der Waals surface area contributed by atoms with Gasteiger partial charge in [-0.3, -0.25) is 4.90 Å². The molecular weight excluding hydrogens is 604 g/mol. The molecule has 0 radical (unpaired) electrons. The number of carboxylic acids is 1. The molecule has 0 aliphatic carbocycles. The summed E-state index contributed by atoms with van der Waals surface area (Å²) in [6.45, 7) is 6.38. The fourth-order valence-corrected chi connectivity index (χ4v) is 6.54. The largest absolute Gasteiger partial charge is 0.508 e. The standard InChI is InChI=1S/C36H42N2O9/c1-22-28-20-27(46-36-33(42)31(40)32(41)34(47-36)35(43)44)14-15-29(28)38(30(22)24-8-10-25(39)11-9-24)21-23-6-12-26(13-7-23)45-19-18-37-16-4-2-3-5-17-37/h6-15,20,31-34,36,39-42H,2-5,16-19,21H2,1H3,(H,43,44)/t31-,32-,33-,34-,36+/m0/s1. The highest BCUT2D eigenvalue weighted by Gasteiger charge is 2.48. The molecule has 3 heterocycles. The number of carboxylic acid groups (broad SMARTS) is 1. The fourth-order valence-electron chi connectivity index (χ4n) is 6.54. The van der Waals surface area contributed by atoms with E-state index in [0.717, 1.165) is 58.7 Å². The highest BCUT2D eigenvalue weighted by Crippen LogP contribution is 2.37. The minimum absolute atomic E-state index is 0.161. The third kappa shape index (κ3) is 7.24. The van der Waals surface area contributed by atoms with Crippen LogP contribution in [-0.2, 0) is 16.1 Å². The molecule has 0 amide bonds. The van der Waals surface area contributed by atoms with Gasteiger partial charge >= 0.3 is 5.97 Å². The molecule has 47 heavy (non-hydrogen) atoms. The predicted molar refractivity (Wildman–Crippen MR) is 175 cm³/mol. The number of likely N-dealkylation sites (tertiary alicyclic amines) is 1. The average molecular weight is 647 g/mol. The first kappa shape index (κ1) is 32.8. The summed E-state index contributed by atoms with van der Waals surface area (Å²) >= 11 is 0. The Morgan fingerprint density at radius 3 is 2.23 bits per heavy atom. The minimum atomic E-state index is -1.81. The van der Waals surface area contributed by atoms with Crippen LogP contribution in [0.5, 0.6) is 17.2 Å². The van der Waals surface area contributed by atoms with Crippen molar-refractivity contribution < 1.29 is 44.5 Å². The molecule has 2 saturated heterocycles. The van der Waals surface area contributed by atoms with Crippen LogP contribution in [0.1, 0.15) is 36.8 Å². The Hall–Kier alpha value is -4.13.